The van der Waals surface area contributed by atoms with E-state index in [1.807, 2.05) is 18.2 Å². The topological polar surface area (TPSA) is 46.0 Å². The maximum atomic E-state index is 10.2. The van der Waals surface area contributed by atoms with Gasteiger partial charge in [0.25, 0.3) is 0 Å². The van der Waals surface area contributed by atoms with E-state index in [2.05, 4.69) is 9.97 Å². The van der Waals surface area contributed by atoms with Crippen LogP contribution in [0.5, 0.6) is 0 Å². The van der Waals surface area contributed by atoms with Gasteiger partial charge in [0.15, 0.2) is 0 Å². The van der Waals surface area contributed by atoms with Crippen molar-refractivity contribution in [3.63, 3.8) is 0 Å². The van der Waals surface area contributed by atoms with Gasteiger partial charge in [0.1, 0.15) is 0 Å². The smallest absolute Gasteiger partial charge is 0.0944 e. The normalized spacial score (nSPS) is 17.2. The van der Waals surface area contributed by atoms with E-state index >= 15 is 0 Å². The SMILES string of the molecule is OC(CCC1CC1)c1cccc2nccnc12. The summed E-state index contributed by atoms with van der Waals surface area (Å²) in [6, 6.07) is 5.82. The fraction of sp³-hybridized carbons (Fsp3) is 0.429. The number of hydrogen-bond donors (Lipinski definition) is 1. The molecule has 0 aliphatic heterocycles. The molecule has 1 aromatic carbocycles. The lowest BCUT2D eigenvalue weighted by Crippen LogP contribution is -2.00. The lowest BCUT2D eigenvalue weighted by molar-refractivity contribution is 0.163. The maximum Gasteiger partial charge on any atom is 0.0944 e. The Balaban J connectivity index is 1.87. The van der Waals surface area contributed by atoms with Gasteiger partial charge >= 0.3 is 0 Å². The van der Waals surface area contributed by atoms with Crippen LogP contribution in [0.4, 0.5) is 0 Å². The van der Waals surface area contributed by atoms with Gasteiger partial charge in [-0.05, 0) is 24.8 Å². The van der Waals surface area contributed by atoms with Crippen molar-refractivity contribution in [1.29, 1.82) is 0 Å². The fourth-order valence-electron chi connectivity index (χ4n) is 2.24. The maximum absolute atomic E-state index is 10.2. The Hall–Kier alpha value is -1.48. The van der Waals surface area contributed by atoms with Crippen molar-refractivity contribution in [2.75, 3.05) is 0 Å². The summed E-state index contributed by atoms with van der Waals surface area (Å²) >= 11 is 0. The number of fused-ring (bicyclic) bond motifs is 1. The van der Waals surface area contributed by atoms with E-state index in [1.54, 1.807) is 12.4 Å². The van der Waals surface area contributed by atoms with Crippen molar-refractivity contribution >= 4 is 11.0 Å². The minimum Gasteiger partial charge on any atom is -0.388 e. The third-order valence-corrected chi connectivity index (χ3v) is 3.43. The number of nitrogens with zero attached hydrogens (tertiary/aromatic N) is 2. The van der Waals surface area contributed by atoms with Gasteiger partial charge in [-0.3, -0.25) is 9.97 Å². The van der Waals surface area contributed by atoms with Crippen LogP contribution in [0.1, 0.15) is 37.4 Å². The molecule has 0 bridgehead atoms. The zero-order valence-corrected chi connectivity index (χ0v) is 9.71. The van der Waals surface area contributed by atoms with E-state index in [9.17, 15) is 5.11 Å². The first-order valence-corrected chi connectivity index (χ1v) is 6.22. The van der Waals surface area contributed by atoms with E-state index in [1.165, 1.54) is 12.8 Å². The average molecular weight is 228 g/mol. The van der Waals surface area contributed by atoms with Gasteiger partial charge in [-0.15, -0.1) is 0 Å². The van der Waals surface area contributed by atoms with Gasteiger partial charge in [-0.25, -0.2) is 0 Å². The van der Waals surface area contributed by atoms with E-state index in [-0.39, 0.29) is 0 Å². The number of aliphatic hydroxyl groups excluding tert-OH is 1. The molecule has 1 atom stereocenters. The van der Waals surface area contributed by atoms with Gasteiger partial charge in [0.2, 0.25) is 0 Å². The molecule has 3 nitrogen and oxygen atoms in total. The molecule has 1 heterocycles. The minimum atomic E-state index is -0.406. The van der Waals surface area contributed by atoms with E-state index in [0.29, 0.717) is 0 Å². The molecule has 1 saturated carbocycles. The summed E-state index contributed by atoms with van der Waals surface area (Å²) in [6.07, 6.45) is 7.58. The second-order valence-electron chi connectivity index (χ2n) is 4.81. The van der Waals surface area contributed by atoms with Gasteiger partial charge in [-0.2, -0.15) is 0 Å². The summed E-state index contributed by atoms with van der Waals surface area (Å²) < 4.78 is 0. The number of aliphatic hydroxyl groups is 1. The predicted octanol–water partition coefficient (Wildman–Crippen LogP) is 2.85. The largest absolute Gasteiger partial charge is 0.388 e. The summed E-state index contributed by atoms with van der Waals surface area (Å²) in [5.74, 6) is 0.853. The van der Waals surface area contributed by atoms with Crippen molar-refractivity contribution < 1.29 is 5.11 Å². The summed E-state index contributed by atoms with van der Waals surface area (Å²) in [5.41, 5.74) is 2.60. The molecule has 3 heteroatoms. The number of aromatic nitrogens is 2. The summed E-state index contributed by atoms with van der Waals surface area (Å²) in [7, 11) is 0. The molecule has 1 unspecified atom stereocenters. The summed E-state index contributed by atoms with van der Waals surface area (Å²) in [4.78, 5) is 8.58. The molecule has 1 aliphatic rings. The quantitative estimate of drug-likeness (QED) is 0.875. The number of benzene rings is 1. The molecule has 1 N–H and O–H groups in total. The average Bonchev–Trinajstić information content (AvgIpc) is 3.19. The van der Waals surface area contributed by atoms with Crippen LogP contribution < -0.4 is 0 Å². The van der Waals surface area contributed by atoms with Crippen molar-refractivity contribution in [3.05, 3.63) is 36.2 Å². The van der Waals surface area contributed by atoms with Crippen LogP contribution in [0, 0.1) is 5.92 Å². The van der Waals surface area contributed by atoms with E-state index < -0.39 is 6.10 Å². The van der Waals surface area contributed by atoms with Gasteiger partial charge < -0.3 is 5.11 Å². The van der Waals surface area contributed by atoms with Crippen LogP contribution >= 0.6 is 0 Å². The molecular formula is C14H16N2O. The molecule has 3 rings (SSSR count). The van der Waals surface area contributed by atoms with Crippen molar-refractivity contribution in [1.82, 2.24) is 9.97 Å². The van der Waals surface area contributed by atoms with Crippen molar-refractivity contribution in [3.8, 4) is 0 Å². The van der Waals surface area contributed by atoms with Crippen LogP contribution in [0.25, 0.3) is 11.0 Å². The molecule has 1 aliphatic carbocycles. The molecule has 1 aromatic heterocycles. The van der Waals surface area contributed by atoms with Crippen LogP contribution in [0.15, 0.2) is 30.6 Å². The first kappa shape index (κ1) is 10.7. The van der Waals surface area contributed by atoms with Crippen LogP contribution in [0.3, 0.4) is 0 Å². The fourth-order valence-corrected chi connectivity index (χ4v) is 2.24. The number of hydrogen-bond acceptors (Lipinski definition) is 3. The third kappa shape index (κ3) is 2.29. The first-order chi connectivity index (χ1) is 8.34. The molecule has 0 saturated heterocycles. The predicted molar refractivity (Wildman–Crippen MR) is 66.5 cm³/mol. The van der Waals surface area contributed by atoms with Crippen LogP contribution in [-0.4, -0.2) is 15.1 Å². The minimum absolute atomic E-state index is 0.406. The van der Waals surface area contributed by atoms with E-state index in [4.69, 9.17) is 0 Å². The van der Waals surface area contributed by atoms with Gasteiger partial charge in [0.05, 0.1) is 17.1 Å². The molecule has 0 radical (unpaired) electrons. The second-order valence-corrected chi connectivity index (χ2v) is 4.81. The summed E-state index contributed by atoms with van der Waals surface area (Å²) in [6.45, 7) is 0. The number of rotatable bonds is 4. The standard InChI is InChI=1S/C14H16N2O/c17-13(7-6-10-4-5-10)11-2-1-3-12-14(11)16-9-8-15-12/h1-3,8-10,13,17H,4-7H2. The summed E-state index contributed by atoms with van der Waals surface area (Å²) in [5, 5.41) is 10.2. The van der Waals surface area contributed by atoms with Crippen LogP contribution in [0.2, 0.25) is 0 Å². The van der Waals surface area contributed by atoms with Crippen molar-refractivity contribution in [2.24, 2.45) is 5.92 Å². The second kappa shape index (κ2) is 4.41. The Kier molecular flexibility index (Phi) is 2.77. The molecular weight excluding hydrogens is 212 g/mol. The highest BCUT2D eigenvalue weighted by Crippen LogP contribution is 2.36. The Morgan fingerprint density at radius 3 is 2.88 bits per heavy atom. The highest BCUT2D eigenvalue weighted by molar-refractivity contribution is 5.77. The third-order valence-electron chi connectivity index (χ3n) is 3.43. The van der Waals surface area contributed by atoms with E-state index in [0.717, 1.165) is 35.4 Å². The zero-order chi connectivity index (χ0) is 11.7. The van der Waals surface area contributed by atoms with Gasteiger partial charge in [-0.1, -0.05) is 25.0 Å². The zero-order valence-electron chi connectivity index (χ0n) is 9.71. The highest BCUT2D eigenvalue weighted by Gasteiger charge is 2.23. The van der Waals surface area contributed by atoms with Crippen LogP contribution in [-0.2, 0) is 0 Å². The Bertz CT molecular complexity index is 517. The molecule has 0 spiro atoms. The highest BCUT2D eigenvalue weighted by atomic mass is 16.3. The Morgan fingerprint density at radius 1 is 1.24 bits per heavy atom. The molecule has 88 valence electrons. The molecule has 2 aromatic rings. The first-order valence-electron chi connectivity index (χ1n) is 6.22. The molecule has 17 heavy (non-hydrogen) atoms. The van der Waals surface area contributed by atoms with Crippen molar-refractivity contribution in [2.45, 2.75) is 31.8 Å². The Labute approximate surface area is 101 Å². The lowest BCUT2D eigenvalue weighted by atomic mass is 10.0. The number of para-hydroxylation sites is 1. The monoisotopic (exact) mass is 228 g/mol. The molecule has 0 amide bonds. The Morgan fingerprint density at radius 2 is 2.06 bits per heavy atom. The molecule has 1 fully saturated rings. The van der Waals surface area contributed by atoms with Gasteiger partial charge in [0, 0.05) is 18.0 Å². The lowest BCUT2D eigenvalue weighted by Gasteiger charge is -2.12.